The van der Waals surface area contributed by atoms with Crippen LogP contribution in [0.15, 0.2) is 18.3 Å². The number of rotatable bonds is 4. The minimum Gasteiger partial charge on any atom is -0.392 e. The van der Waals surface area contributed by atoms with Gasteiger partial charge in [0.1, 0.15) is 5.82 Å². The highest BCUT2D eigenvalue weighted by atomic mass is 16.3. The molecule has 2 N–H and O–H groups in total. The summed E-state index contributed by atoms with van der Waals surface area (Å²) in [5, 5.41) is 18.5. The minimum atomic E-state index is -0.492. The summed E-state index contributed by atoms with van der Waals surface area (Å²) in [4.78, 5) is 6.08. The van der Waals surface area contributed by atoms with Crippen molar-refractivity contribution < 1.29 is 10.2 Å². The quantitative estimate of drug-likeness (QED) is 0.777. The molecule has 0 saturated heterocycles. The van der Waals surface area contributed by atoms with Gasteiger partial charge >= 0.3 is 0 Å². The second kappa shape index (κ2) is 5.09. The third-order valence-electron chi connectivity index (χ3n) is 2.18. The first-order valence-electron chi connectivity index (χ1n) is 5.04. The molecule has 4 nitrogen and oxygen atoms in total. The lowest BCUT2D eigenvalue weighted by Crippen LogP contribution is -2.27. The summed E-state index contributed by atoms with van der Waals surface area (Å²) in [5.74, 6) is 0.792. The molecule has 0 aliphatic heterocycles. The summed E-state index contributed by atoms with van der Waals surface area (Å²) < 4.78 is 0. The van der Waals surface area contributed by atoms with Gasteiger partial charge in [0.05, 0.1) is 12.2 Å². The van der Waals surface area contributed by atoms with Crippen molar-refractivity contribution in [1.82, 2.24) is 4.98 Å². The summed E-state index contributed by atoms with van der Waals surface area (Å²) in [6, 6.07) is 3.68. The number of anilines is 1. The molecular weight excluding hydrogens is 192 g/mol. The molecular formula is C11H18N2O2. The molecule has 0 amide bonds. The Labute approximate surface area is 90.2 Å². The van der Waals surface area contributed by atoms with E-state index in [2.05, 4.69) is 4.98 Å². The maximum Gasteiger partial charge on any atom is 0.128 e. The first kappa shape index (κ1) is 11.9. The maximum absolute atomic E-state index is 9.31. The molecule has 1 aromatic rings. The first-order chi connectivity index (χ1) is 7.00. The predicted octanol–water partition coefficient (Wildman–Crippen LogP) is 0.952. The molecule has 4 heteroatoms. The second-order valence-corrected chi connectivity index (χ2v) is 3.86. The Hall–Kier alpha value is -1.13. The number of pyridine rings is 1. The van der Waals surface area contributed by atoms with E-state index in [1.165, 1.54) is 0 Å². The molecule has 0 saturated carbocycles. The van der Waals surface area contributed by atoms with E-state index in [4.69, 9.17) is 0 Å². The normalized spacial score (nSPS) is 14.7. The van der Waals surface area contributed by atoms with Crippen molar-refractivity contribution in [3.8, 4) is 0 Å². The number of hydrogen-bond acceptors (Lipinski definition) is 4. The molecule has 1 aromatic heterocycles. The Morgan fingerprint density at radius 2 is 2.00 bits per heavy atom. The fraction of sp³-hybridized carbons (Fsp3) is 0.545. The molecule has 0 aromatic carbocycles. The average molecular weight is 210 g/mol. The highest BCUT2D eigenvalue weighted by Gasteiger charge is 2.06. The van der Waals surface area contributed by atoms with E-state index < -0.39 is 6.10 Å². The van der Waals surface area contributed by atoms with Crippen LogP contribution in [0.4, 0.5) is 5.82 Å². The van der Waals surface area contributed by atoms with Crippen molar-refractivity contribution in [2.45, 2.75) is 26.1 Å². The lowest BCUT2D eigenvalue weighted by atomic mass is 10.2. The van der Waals surface area contributed by atoms with E-state index in [0.717, 1.165) is 11.4 Å². The monoisotopic (exact) mass is 210 g/mol. The molecule has 1 rings (SSSR count). The van der Waals surface area contributed by atoms with Crippen molar-refractivity contribution in [3.05, 3.63) is 23.9 Å². The molecule has 0 fully saturated rings. The van der Waals surface area contributed by atoms with Crippen LogP contribution < -0.4 is 4.90 Å². The average Bonchev–Trinajstić information content (AvgIpc) is 2.17. The predicted molar refractivity (Wildman–Crippen MR) is 59.8 cm³/mol. The fourth-order valence-electron chi connectivity index (χ4n) is 1.36. The smallest absolute Gasteiger partial charge is 0.128 e. The lowest BCUT2D eigenvalue weighted by Gasteiger charge is -2.20. The molecule has 1 heterocycles. The minimum absolute atomic E-state index is 0.381. The highest BCUT2D eigenvalue weighted by Crippen LogP contribution is 2.14. The van der Waals surface area contributed by atoms with E-state index in [1.54, 1.807) is 20.0 Å². The molecule has 2 atom stereocenters. The zero-order valence-electron chi connectivity index (χ0n) is 9.38. The van der Waals surface area contributed by atoms with E-state index in [-0.39, 0.29) is 6.10 Å². The summed E-state index contributed by atoms with van der Waals surface area (Å²) in [7, 11) is 1.87. The maximum atomic E-state index is 9.31. The van der Waals surface area contributed by atoms with Crippen LogP contribution in [0.5, 0.6) is 0 Å². The van der Waals surface area contributed by atoms with Gasteiger partial charge in [-0.1, -0.05) is 6.07 Å². The largest absolute Gasteiger partial charge is 0.392 e. The van der Waals surface area contributed by atoms with Gasteiger partial charge in [-0.3, -0.25) is 0 Å². The zero-order chi connectivity index (χ0) is 11.4. The van der Waals surface area contributed by atoms with Crippen molar-refractivity contribution in [1.29, 1.82) is 0 Å². The van der Waals surface area contributed by atoms with E-state index in [0.29, 0.717) is 6.54 Å². The van der Waals surface area contributed by atoms with Crippen LogP contribution in [-0.4, -0.2) is 34.9 Å². The van der Waals surface area contributed by atoms with Crippen LogP contribution in [0.3, 0.4) is 0 Å². The molecule has 15 heavy (non-hydrogen) atoms. The standard InChI is InChI=1S/C11H18N2O2/c1-8(14)7-13(3)11-5-4-10(6-12-11)9(2)15/h4-6,8-9,14-15H,7H2,1-3H3. The summed E-state index contributed by atoms with van der Waals surface area (Å²) in [5.41, 5.74) is 0.796. The van der Waals surface area contributed by atoms with Crippen molar-refractivity contribution in [3.63, 3.8) is 0 Å². The highest BCUT2D eigenvalue weighted by molar-refractivity contribution is 5.38. The zero-order valence-corrected chi connectivity index (χ0v) is 9.38. The van der Waals surface area contributed by atoms with Crippen molar-refractivity contribution in [2.24, 2.45) is 0 Å². The van der Waals surface area contributed by atoms with Crippen LogP contribution in [0, 0.1) is 0 Å². The van der Waals surface area contributed by atoms with Gasteiger partial charge in [-0.15, -0.1) is 0 Å². The van der Waals surface area contributed by atoms with E-state index in [9.17, 15) is 10.2 Å². The summed E-state index contributed by atoms with van der Waals surface area (Å²) in [6.45, 7) is 3.98. The van der Waals surface area contributed by atoms with Gasteiger partial charge in [-0.2, -0.15) is 0 Å². The fourth-order valence-corrected chi connectivity index (χ4v) is 1.36. The van der Waals surface area contributed by atoms with Gasteiger partial charge in [0.15, 0.2) is 0 Å². The van der Waals surface area contributed by atoms with Gasteiger partial charge in [-0.05, 0) is 25.5 Å². The van der Waals surface area contributed by atoms with Gasteiger partial charge in [-0.25, -0.2) is 4.98 Å². The second-order valence-electron chi connectivity index (χ2n) is 3.86. The number of aromatic nitrogens is 1. The topological polar surface area (TPSA) is 56.6 Å². The number of nitrogens with zero attached hydrogens (tertiary/aromatic N) is 2. The Balaban J connectivity index is 2.71. The van der Waals surface area contributed by atoms with Gasteiger partial charge in [0, 0.05) is 19.8 Å². The molecule has 0 bridgehead atoms. The third kappa shape index (κ3) is 3.49. The van der Waals surface area contributed by atoms with Crippen LogP contribution in [0.1, 0.15) is 25.5 Å². The number of aliphatic hydroxyl groups excluding tert-OH is 2. The summed E-state index contributed by atoms with van der Waals surface area (Å²) in [6.07, 6.45) is 0.778. The molecule has 0 aliphatic rings. The van der Waals surface area contributed by atoms with Gasteiger partial charge < -0.3 is 15.1 Å². The van der Waals surface area contributed by atoms with E-state index >= 15 is 0 Å². The lowest BCUT2D eigenvalue weighted by molar-refractivity contribution is 0.198. The molecule has 2 unspecified atom stereocenters. The van der Waals surface area contributed by atoms with E-state index in [1.807, 2.05) is 24.1 Å². The van der Waals surface area contributed by atoms with Crippen molar-refractivity contribution in [2.75, 3.05) is 18.5 Å². The molecule has 0 spiro atoms. The van der Waals surface area contributed by atoms with Crippen LogP contribution in [-0.2, 0) is 0 Å². The number of hydrogen-bond donors (Lipinski definition) is 2. The van der Waals surface area contributed by atoms with Gasteiger partial charge in [0.2, 0.25) is 0 Å². The summed E-state index contributed by atoms with van der Waals surface area (Å²) >= 11 is 0. The third-order valence-corrected chi connectivity index (χ3v) is 2.18. The Morgan fingerprint density at radius 1 is 1.33 bits per heavy atom. The van der Waals surface area contributed by atoms with Crippen molar-refractivity contribution >= 4 is 5.82 Å². The Bertz CT molecular complexity index is 296. The molecule has 0 radical (unpaired) electrons. The number of likely N-dealkylation sites (N-methyl/N-ethyl adjacent to an activating group) is 1. The first-order valence-corrected chi connectivity index (χ1v) is 5.04. The Kier molecular flexibility index (Phi) is 4.05. The van der Waals surface area contributed by atoms with Crippen LogP contribution in [0.2, 0.25) is 0 Å². The van der Waals surface area contributed by atoms with Gasteiger partial charge in [0.25, 0.3) is 0 Å². The SMILES string of the molecule is CC(O)CN(C)c1ccc(C(C)O)cn1. The number of aliphatic hydroxyl groups is 2. The van der Waals surface area contributed by atoms with Crippen LogP contribution >= 0.6 is 0 Å². The Morgan fingerprint density at radius 3 is 2.40 bits per heavy atom. The van der Waals surface area contributed by atoms with Crippen LogP contribution in [0.25, 0.3) is 0 Å². The molecule has 0 aliphatic carbocycles. The molecule has 84 valence electrons.